The minimum Gasteiger partial charge on any atom is -0.493 e. The van der Waals surface area contributed by atoms with E-state index in [2.05, 4.69) is 76.4 Å². The molecule has 0 spiro atoms. The van der Waals surface area contributed by atoms with Gasteiger partial charge in [-0.05, 0) is 60.5 Å². The summed E-state index contributed by atoms with van der Waals surface area (Å²) >= 11 is 0. The summed E-state index contributed by atoms with van der Waals surface area (Å²) in [5, 5.41) is 13.1. The first-order valence-corrected chi connectivity index (χ1v) is 12.1. The SMILES string of the molecule is CCC(C)(C)n1nnnc1[C@@H](c1cc(OC)c(OC)c(OC)c1)N1CCN(c2ccccc2)CC1. The number of ether oxygens (including phenoxy) is 3. The van der Waals surface area contributed by atoms with Crippen molar-refractivity contribution in [3.05, 3.63) is 53.9 Å². The first kappa shape index (κ1) is 24.8. The number of nitrogens with zero attached hydrogens (tertiary/aromatic N) is 6. The Balaban J connectivity index is 1.76. The molecule has 1 aromatic heterocycles. The summed E-state index contributed by atoms with van der Waals surface area (Å²) in [5.74, 6) is 2.60. The summed E-state index contributed by atoms with van der Waals surface area (Å²) in [5.41, 5.74) is 2.01. The summed E-state index contributed by atoms with van der Waals surface area (Å²) < 4.78 is 18.9. The van der Waals surface area contributed by atoms with E-state index in [1.54, 1.807) is 21.3 Å². The molecule has 35 heavy (non-hydrogen) atoms. The summed E-state index contributed by atoms with van der Waals surface area (Å²) in [6, 6.07) is 14.4. The second kappa shape index (κ2) is 10.5. The number of tetrazole rings is 1. The van der Waals surface area contributed by atoms with Crippen LogP contribution in [-0.4, -0.2) is 72.6 Å². The van der Waals surface area contributed by atoms with Gasteiger partial charge in [0.15, 0.2) is 17.3 Å². The zero-order chi connectivity index (χ0) is 25.0. The van der Waals surface area contributed by atoms with Crippen LogP contribution < -0.4 is 19.1 Å². The van der Waals surface area contributed by atoms with Crippen LogP contribution in [0.5, 0.6) is 17.2 Å². The van der Waals surface area contributed by atoms with Crippen LogP contribution in [0.2, 0.25) is 0 Å². The van der Waals surface area contributed by atoms with Crippen molar-refractivity contribution in [2.75, 3.05) is 52.4 Å². The Morgan fingerprint density at radius 1 is 0.914 bits per heavy atom. The Kier molecular flexibility index (Phi) is 7.45. The van der Waals surface area contributed by atoms with Gasteiger partial charge in [-0.2, -0.15) is 0 Å². The van der Waals surface area contributed by atoms with E-state index in [1.165, 1.54) is 5.69 Å². The van der Waals surface area contributed by atoms with Gasteiger partial charge >= 0.3 is 0 Å². The molecule has 0 amide bonds. The molecule has 4 rings (SSSR count). The molecule has 0 N–H and O–H groups in total. The van der Waals surface area contributed by atoms with Gasteiger partial charge in [0.05, 0.1) is 32.9 Å². The van der Waals surface area contributed by atoms with Gasteiger partial charge in [0.2, 0.25) is 5.75 Å². The van der Waals surface area contributed by atoms with Gasteiger partial charge in [-0.1, -0.05) is 25.1 Å². The molecule has 1 aliphatic heterocycles. The maximum atomic E-state index is 5.68. The number of rotatable bonds is 9. The van der Waals surface area contributed by atoms with Gasteiger partial charge in [0.1, 0.15) is 0 Å². The summed E-state index contributed by atoms with van der Waals surface area (Å²) in [6.45, 7) is 10.00. The topological polar surface area (TPSA) is 77.8 Å². The summed E-state index contributed by atoms with van der Waals surface area (Å²) in [4.78, 5) is 4.86. The number of anilines is 1. The van der Waals surface area contributed by atoms with Crippen molar-refractivity contribution in [1.82, 2.24) is 25.1 Å². The fraction of sp³-hybridized carbons (Fsp3) is 0.500. The van der Waals surface area contributed by atoms with Crippen molar-refractivity contribution in [3.63, 3.8) is 0 Å². The van der Waals surface area contributed by atoms with Crippen molar-refractivity contribution >= 4 is 5.69 Å². The van der Waals surface area contributed by atoms with E-state index in [0.717, 1.165) is 44.0 Å². The second-order valence-electron chi connectivity index (χ2n) is 9.33. The lowest BCUT2D eigenvalue weighted by Crippen LogP contribution is -2.48. The van der Waals surface area contributed by atoms with Crippen LogP contribution in [-0.2, 0) is 5.54 Å². The number of methoxy groups -OCH3 is 3. The highest BCUT2D eigenvalue weighted by atomic mass is 16.5. The van der Waals surface area contributed by atoms with E-state index in [9.17, 15) is 0 Å². The Morgan fingerprint density at radius 2 is 1.54 bits per heavy atom. The molecule has 2 heterocycles. The fourth-order valence-corrected chi connectivity index (χ4v) is 4.61. The Morgan fingerprint density at radius 3 is 2.09 bits per heavy atom. The van der Waals surface area contributed by atoms with Crippen LogP contribution in [0.25, 0.3) is 0 Å². The highest BCUT2D eigenvalue weighted by Gasteiger charge is 2.35. The van der Waals surface area contributed by atoms with Crippen LogP contribution in [0.15, 0.2) is 42.5 Å². The van der Waals surface area contributed by atoms with Gasteiger partial charge in [0.25, 0.3) is 0 Å². The van der Waals surface area contributed by atoms with Crippen molar-refractivity contribution in [2.24, 2.45) is 0 Å². The molecule has 3 aromatic rings. The third-order valence-electron chi connectivity index (χ3n) is 6.98. The molecule has 0 bridgehead atoms. The monoisotopic (exact) mass is 480 g/mol. The molecule has 1 saturated heterocycles. The highest BCUT2D eigenvalue weighted by Crippen LogP contribution is 2.42. The number of para-hydroxylation sites is 1. The van der Waals surface area contributed by atoms with E-state index in [-0.39, 0.29) is 11.6 Å². The minimum absolute atomic E-state index is 0.178. The van der Waals surface area contributed by atoms with E-state index in [4.69, 9.17) is 14.2 Å². The average Bonchev–Trinajstić information content (AvgIpc) is 3.39. The minimum atomic E-state index is -0.233. The number of aromatic nitrogens is 4. The van der Waals surface area contributed by atoms with Crippen LogP contribution in [0.1, 0.15) is 44.6 Å². The van der Waals surface area contributed by atoms with E-state index < -0.39 is 0 Å². The van der Waals surface area contributed by atoms with Crippen LogP contribution in [0, 0.1) is 0 Å². The van der Waals surface area contributed by atoms with Crippen LogP contribution in [0.4, 0.5) is 5.69 Å². The molecule has 1 fully saturated rings. The summed E-state index contributed by atoms with van der Waals surface area (Å²) in [7, 11) is 4.89. The molecule has 0 unspecified atom stereocenters. The average molecular weight is 481 g/mol. The van der Waals surface area contributed by atoms with E-state index in [0.29, 0.717) is 17.2 Å². The van der Waals surface area contributed by atoms with Crippen molar-refractivity contribution in [1.29, 1.82) is 0 Å². The molecule has 1 atom stereocenters. The lowest BCUT2D eigenvalue weighted by molar-refractivity contribution is 0.186. The Labute approximate surface area is 207 Å². The molecular formula is C26H36N6O3. The molecule has 1 aliphatic rings. The molecule has 9 nitrogen and oxygen atoms in total. The fourth-order valence-electron chi connectivity index (χ4n) is 4.61. The number of hydrogen-bond acceptors (Lipinski definition) is 8. The standard InChI is InChI=1S/C26H36N6O3/c1-7-26(2,3)32-25(27-28-29-32)23(19-17-21(33-4)24(35-6)22(18-19)34-5)31-15-13-30(14-16-31)20-11-9-8-10-12-20/h8-12,17-18,23H,7,13-16H2,1-6H3/t23-/m1/s1. The first-order valence-electron chi connectivity index (χ1n) is 12.1. The lowest BCUT2D eigenvalue weighted by atomic mass is 9.98. The zero-order valence-corrected chi connectivity index (χ0v) is 21.6. The van der Waals surface area contributed by atoms with E-state index in [1.807, 2.05) is 16.8 Å². The quantitative estimate of drug-likeness (QED) is 0.458. The maximum absolute atomic E-state index is 5.68. The zero-order valence-electron chi connectivity index (χ0n) is 21.6. The smallest absolute Gasteiger partial charge is 0.203 e. The molecule has 0 aliphatic carbocycles. The Bertz CT molecular complexity index is 1080. The van der Waals surface area contributed by atoms with Crippen molar-refractivity contribution in [2.45, 2.75) is 38.8 Å². The predicted molar refractivity (Wildman–Crippen MR) is 136 cm³/mol. The number of hydrogen-bond donors (Lipinski definition) is 0. The normalized spacial score (nSPS) is 15.7. The molecule has 0 saturated carbocycles. The van der Waals surface area contributed by atoms with Gasteiger partial charge in [0, 0.05) is 31.9 Å². The van der Waals surface area contributed by atoms with Crippen LogP contribution in [0.3, 0.4) is 0 Å². The van der Waals surface area contributed by atoms with Gasteiger partial charge in [-0.3, -0.25) is 4.90 Å². The van der Waals surface area contributed by atoms with Gasteiger partial charge in [-0.15, -0.1) is 5.10 Å². The van der Waals surface area contributed by atoms with Gasteiger partial charge in [-0.25, -0.2) is 4.68 Å². The Hall–Kier alpha value is -3.33. The third kappa shape index (κ3) is 4.91. The number of benzene rings is 2. The molecule has 0 radical (unpaired) electrons. The second-order valence-corrected chi connectivity index (χ2v) is 9.33. The molecule has 9 heteroatoms. The number of piperazine rings is 1. The van der Waals surface area contributed by atoms with Crippen molar-refractivity contribution in [3.8, 4) is 17.2 Å². The van der Waals surface area contributed by atoms with Gasteiger partial charge < -0.3 is 19.1 Å². The highest BCUT2D eigenvalue weighted by molar-refractivity contribution is 5.55. The first-order chi connectivity index (χ1) is 16.9. The molecule has 2 aromatic carbocycles. The predicted octanol–water partition coefficient (Wildman–Crippen LogP) is 3.76. The molecule has 188 valence electrons. The lowest BCUT2D eigenvalue weighted by Gasteiger charge is -2.40. The largest absolute Gasteiger partial charge is 0.493 e. The van der Waals surface area contributed by atoms with Crippen LogP contribution >= 0.6 is 0 Å². The van der Waals surface area contributed by atoms with E-state index >= 15 is 0 Å². The third-order valence-corrected chi connectivity index (χ3v) is 6.98. The maximum Gasteiger partial charge on any atom is 0.203 e. The molecular weight excluding hydrogens is 444 g/mol. The summed E-state index contributed by atoms with van der Waals surface area (Å²) in [6.07, 6.45) is 0.898. The van der Waals surface area contributed by atoms with Crippen molar-refractivity contribution < 1.29 is 14.2 Å².